The molecule has 0 heterocycles. The van der Waals surface area contributed by atoms with Gasteiger partial charge in [0, 0.05) is 19.0 Å². The first kappa shape index (κ1) is 14.4. The number of halogens is 1. The summed E-state index contributed by atoms with van der Waals surface area (Å²) in [5, 5.41) is 0. The van der Waals surface area contributed by atoms with E-state index in [0.717, 1.165) is 25.0 Å². The molecule has 2 N–H and O–H groups in total. The first-order valence-corrected chi connectivity index (χ1v) is 7.82. The van der Waals surface area contributed by atoms with Crippen LogP contribution in [0.3, 0.4) is 0 Å². The fourth-order valence-electron chi connectivity index (χ4n) is 1.82. The average molecular weight is 302 g/mol. The molecule has 1 aliphatic rings. The van der Waals surface area contributed by atoms with Gasteiger partial charge < -0.3 is 5.73 Å². The van der Waals surface area contributed by atoms with Crippen molar-refractivity contribution in [2.75, 3.05) is 6.54 Å². The highest BCUT2D eigenvalue weighted by Crippen LogP contribution is 2.32. The van der Waals surface area contributed by atoms with Crippen LogP contribution in [0.4, 0.5) is 4.39 Å². The summed E-state index contributed by atoms with van der Waals surface area (Å²) < 4.78 is 39.2. The number of thiocarbonyl (C=S) groups is 1. The highest BCUT2D eigenvalue weighted by atomic mass is 32.2. The predicted octanol–water partition coefficient (Wildman–Crippen LogP) is 1.65. The van der Waals surface area contributed by atoms with Crippen LogP contribution < -0.4 is 5.73 Å². The third-order valence-corrected chi connectivity index (χ3v) is 5.12. The third kappa shape index (κ3) is 3.49. The lowest BCUT2D eigenvalue weighted by Crippen LogP contribution is -2.35. The van der Waals surface area contributed by atoms with Crippen LogP contribution in [0.1, 0.15) is 19.3 Å². The molecular weight excluding hydrogens is 287 g/mol. The van der Waals surface area contributed by atoms with Crippen molar-refractivity contribution in [1.29, 1.82) is 0 Å². The van der Waals surface area contributed by atoms with E-state index in [1.807, 2.05) is 0 Å². The van der Waals surface area contributed by atoms with Gasteiger partial charge in [-0.2, -0.15) is 4.31 Å². The standard InChI is InChI=1S/C12H15FN2O2S2/c13-9-1-5-11(6-2-9)19(16,17)15(10-3-4-10)8-7-12(14)18/h1-2,5-6,10H,3-4,7-8H2,(H2,14,18). The van der Waals surface area contributed by atoms with E-state index in [2.05, 4.69) is 0 Å². The third-order valence-electron chi connectivity index (χ3n) is 2.95. The summed E-state index contributed by atoms with van der Waals surface area (Å²) in [5.74, 6) is -0.458. The van der Waals surface area contributed by atoms with Crippen LogP contribution in [0.15, 0.2) is 29.2 Å². The second-order valence-electron chi connectivity index (χ2n) is 4.52. The summed E-state index contributed by atoms with van der Waals surface area (Å²) in [6, 6.07) is 4.86. The maximum Gasteiger partial charge on any atom is 0.243 e. The fraction of sp³-hybridized carbons (Fsp3) is 0.417. The van der Waals surface area contributed by atoms with E-state index >= 15 is 0 Å². The normalized spacial score (nSPS) is 15.7. The van der Waals surface area contributed by atoms with Gasteiger partial charge in [-0.25, -0.2) is 12.8 Å². The van der Waals surface area contributed by atoms with Crippen molar-refractivity contribution in [3.8, 4) is 0 Å². The van der Waals surface area contributed by atoms with Gasteiger partial charge in [0.25, 0.3) is 0 Å². The first-order valence-electron chi connectivity index (χ1n) is 5.97. The van der Waals surface area contributed by atoms with Gasteiger partial charge >= 0.3 is 0 Å². The number of nitrogens with zero attached hydrogens (tertiary/aromatic N) is 1. The molecule has 1 aliphatic carbocycles. The minimum Gasteiger partial charge on any atom is -0.393 e. The minimum absolute atomic E-state index is 0.0180. The van der Waals surface area contributed by atoms with Gasteiger partial charge in [-0.1, -0.05) is 12.2 Å². The van der Waals surface area contributed by atoms with Crippen LogP contribution in [0.5, 0.6) is 0 Å². The predicted molar refractivity (Wildman–Crippen MR) is 74.7 cm³/mol. The van der Waals surface area contributed by atoms with Gasteiger partial charge in [0.1, 0.15) is 5.82 Å². The summed E-state index contributed by atoms with van der Waals surface area (Å²) in [4.78, 5) is 0.392. The molecule has 1 fully saturated rings. The van der Waals surface area contributed by atoms with Gasteiger partial charge in [0.15, 0.2) is 0 Å². The van der Waals surface area contributed by atoms with Crippen LogP contribution in [-0.4, -0.2) is 30.3 Å². The molecule has 1 aromatic carbocycles. The SMILES string of the molecule is NC(=S)CCN(C1CC1)S(=O)(=O)c1ccc(F)cc1. The van der Waals surface area contributed by atoms with Crippen molar-refractivity contribution in [3.63, 3.8) is 0 Å². The second kappa shape index (κ2) is 5.52. The Bertz CT molecular complexity index is 568. The lowest BCUT2D eigenvalue weighted by molar-refractivity contribution is 0.413. The second-order valence-corrected chi connectivity index (χ2v) is 6.93. The number of hydrogen-bond donors (Lipinski definition) is 1. The van der Waals surface area contributed by atoms with Crippen molar-refractivity contribution in [3.05, 3.63) is 30.1 Å². The number of sulfonamides is 1. The van der Waals surface area contributed by atoms with Crippen molar-refractivity contribution in [2.45, 2.75) is 30.2 Å². The summed E-state index contributed by atoms with van der Waals surface area (Å²) in [5.41, 5.74) is 5.42. The van der Waals surface area contributed by atoms with Crippen molar-refractivity contribution < 1.29 is 12.8 Å². The molecule has 0 amide bonds. The quantitative estimate of drug-likeness (QED) is 0.812. The zero-order chi connectivity index (χ0) is 14.0. The van der Waals surface area contributed by atoms with Gasteiger partial charge in [-0.15, -0.1) is 0 Å². The van der Waals surface area contributed by atoms with Crippen LogP contribution in [0.2, 0.25) is 0 Å². The van der Waals surface area contributed by atoms with Crippen LogP contribution in [-0.2, 0) is 10.0 Å². The minimum atomic E-state index is -3.60. The Kier molecular flexibility index (Phi) is 4.17. The molecule has 0 spiro atoms. The van der Waals surface area contributed by atoms with E-state index in [-0.39, 0.29) is 17.5 Å². The first-order chi connectivity index (χ1) is 8.91. The number of nitrogens with two attached hydrogens (primary N) is 1. The van der Waals surface area contributed by atoms with Crippen LogP contribution >= 0.6 is 12.2 Å². The Morgan fingerprint density at radius 1 is 1.37 bits per heavy atom. The Balaban J connectivity index is 2.23. The molecule has 1 aromatic rings. The molecule has 0 unspecified atom stereocenters. The maximum atomic E-state index is 12.9. The number of benzene rings is 1. The monoisotopic (exact) mass is 302 g/mol. The summed E-state index contributed by atoms with van der Waals surface area (Å²) in [6.07, 6.45) is 2.04. The molecular formula is C12H15FN2O2S2. The smallest absolute Gasteiger partial charge is 0.243 e. The molecule has 104 valence electrons. The van der Waals surface area contributed by atoms with E-state index in [4.69, 9.17) is 18.0 Å². The topological polar surface area (TPSA) is 63.4 Å². The number of hydrogen-bond acceptors (Lipinski definition) is 3. The Morgan fingerprint density at radius 3 is 2.42 bits per heavy atom. The number of rotatable bonds is 6. The average Bonchev–Trinajstić information content (AvgIpc) is 3.13. The highest BCUT2D eigenvalue weighted by molar-refractivity contribution is 7.89. The van der Waals surface area contributed by atoms with E-state index < -0.39 is 15.8 Å². The molecule has 19 heavy (non-hydrogen) atoms. The zero-order valence-electron chi connectivity index (χ0n) is 10.3. The zero-order valence-corrected chi connectivity index (χ0v) is 11.9. The summed E-state index contributed by atoms with van der Waals surface area (Å²) in [7, 11) is -3.60. The Morgan fingerprint density at radius 2 is 1.95 bits per heavy atom. The van der Waals surface area contributed by atoms with Crippen LogP contribution in [0.25, 0.3) is 0 Å². The van der Waals surface area contributed by atoms with E-state index in [0.29, 0.717) is 11.4 Å². The Labute approximate surface area is 117 Å². The largest absolute Gasteiger partial charge is 0.393 e. The lowest BCUT2D eigenvalue weighted by Gasteiger charge is -2.21. The van der Waals surface area contributed by atoms with E-state index in [1.165, 1.54) is 16.4 Å². The summed E-state index contributed by atoms with van der Waals surface area (Å²) in [6.45, 7) is 0.277. The molecule has 0 bridgehead atoms. The van der Waals surface area contributed by atoms with E-state index in [9.17, 15) is 12.8 Å². The molecule has 0 saturated heterocycles. The van der Waals surface area contributed by atoms with Gasteiger partial charge in [-0.05, 0) is 37.1 Å². The lowest BCUT2D eigenvalue weighted by atomic mass is 10.4. The maximum absolute atomic E-state index is 12.9. The molecule has 1 saturated carbocycles. The van der Waals surface area contributed by atoms with Crippen molar-refractivity contribution in [2.24, 2.45) is 5.73 Å². The molecule has 0 atom stereocenters. The van der Waals surface area contributed by atoms with Crippen LogP contribution in [0, 0.1) is 5.82 Å². The Hall–Kier alpha value is -1.05. The molecule has 0 radical (unpaired) electrons. The van der Waals surface area contributed by atoms with Gasteiger partial charge in [0.2, 0.25) is 10.0 Å². The molecule has 0 aliphatic heterocycles. The van der Waals surface area contributed by atoms with Gasteiger partial charge in [-0.3, -0.25) is 0 Å². The summed E-state index contributed by atoms with van der Waals surface area (Å²) >= 11 is 4.78. The van der Waals surface area contributed by atoms with Gasteiger partial charge in [0.05, 0.1) is 9.88 Å². The van der Waals surface area contributed by atoms with Crippen molar-refractivity contribution >= 4 is 27.2 Å². The molecule has 7 heteroatoms. The molecule has 0 aromatic heterocycles. The fourth-order valence-corrected chi connectivity index (χ4v) is 3.60. The van der Waals surface area contributed by atoms with Crippen molar-refractivity contribution in [1.82, 2.24) is 4.31 Å². The molecule has 2 rings (SSSR count). The van der Waals surface area contributed by atoms with E-state index in [1.54, 1.807) is 0 Å². The highest BCUT2D eigenvalue weighted by Gasteiger charge is 2.37. The molecule has 4 nitrogen and oxygen atoms in total.